The second kappa shape index (κ2) is 4.25. The van der Waals surface area contributed by atoms with Gasteiger partial charge in [-0.15, -0.1) is 0 Å². The van der Waals surface area contributed by atoms with Crippen molar-refractivity contribution in [2.45, 2.75) is 19.1 Å². The molecule has 0 saturated carbocycles. The van der Waals surface area contributed by atoms with E-state index in [9.17, 15) is 4.79 Å². The number of nitrogens with zero attached hydrogens (tertiary/aromatic N) is 1. The predicted molar refractivity (Wildman–Crippen MR) is 29.4 cm³/mol. The molecule has 0 spiro atoms. The number of carboxylic acid groups (broad SMARTS) is 1. The molecule has 0 aromatic carbocycles. The first-order valence-corrected chi connectivity index (χ1v) is 2.22. The molecule has 0 fully saturated rings. The smallest absolute Gasteiger partial charge is 0.323 e. The van der Waals surface area contributed by atoms with Crippen molar-refractivity contribution >= 4 is 5.97 Å². The zero-order chi connectivity index (χ0) is 6.73. The van der Waals surface area contributed by atoms with Gasteiger partial charge in [-0.3, -0.25) is 4.79 Å². The minimum atomic E-state index is -1.18. The molecular formula is C4H9N2O3. The molecule has 0 aliphatic carbocycles. The molecule has 0 saturated heterocycles. The van der Waals surface area contributed by atoms with Crippen LogP contribution in [0.4, 0.5) is 0 Å². The van der Waals surface area contributed by atoms with Crippen molar-refractivity contribution < 1.29 is 15.0 Å². The van der Waals surface area contributed by atoms with Crippen molar-refractivity contribution in [2.24, 2.45) is 5.73 Å². The fraction of sp³-hybridized carbons (Fsp3) is 0.750. The van der Waals surface area contributed by atoms with Crippen molar-refractivity contribution in [3.05, 3.63) is 0 Å². The van der Waals surface area contributed by atoms with E-state index in [1.807, 2.05) is 0 Å². The molecular weight excluding hydrogens is 124 g/mol. The molecule has 5 heteroatoms. The fourth-order valence-electron chi connectivity index (χ4n) is 0.206. The summed E-state index contributed by atoms with van der Waals surface area (Å²) in [5, 5.41) is 16.6. The third kappa shape index (κ3) is 3.89. The molecule has 5 nitrogen and oxygen atoms in total. The van der Waals surface area contributed by atoms with E-state index < -0.39 is 18.1 Å². The minimum absolute atomic E-state index is 0. The number of hydrogen-bond acceptors (Lipinski definition) is 3. The Kier molecular flexibility index (Phi) is 5.28. The summed E-state index contributed by atoms with van der Waals surface area (Å²) in [5.41, 5.74) is 4.91. The molecule has 2 atom stereocenters. The van der Waals surface area contributed by atoms with Crippen molar-refractivity contribution in [3.8, 4) is 0 Å². The number of hydrogen-bond donors (Lipinski definition) is 3. The number of aliphatic carboxylic acids is 1. The Morgan fingerprint density at radius 1 is 1.67 bits per heavy atom. The molecule has 53 valence electrons. The largest absolute Gasteiger partial charge is 0.480 e. The zero-order valence-corrected chi connectivity index (χ0v) is 4.98. The van der Waals surface area contributed by atoms with Crippen molar-refractivity contribution in [1.82, 2.24) is 6.15 Å². The SMILES string of the molecule is C[C@@H](O)[C@H](N)C(=O)O.[N]. The van der Waals surface area contributed by atoms with Crippen LogP contribution in [0.3, 0.4) is 0 Å². The molecule has 9 heavy (non-hydrogen) atoms. The van der Waals surface area contributed by atoms with Crippen molar-refractivity contribution in [2.75, 3.05) is 0 Å². The van der Waals surface area contributed by atoms with Crippen LogP contribution in [-0.2, 0) is 4.79 Å². The van der Waals surface area contributed by atoms with Crippen molar-refractivity contribution in [1.29, 1.82) is 0 Å². The van der Waals surface area contributed by atoms with Gasteiger partial charge in [0.15, 0.2) is 0 Å². The van der Waals surface area contributed by atoms with Gasteiger partial charge in [0.1, 0.15) is 6.04 Å². The van der Waals surface area contributed by atoms with Gasteiger partial charge in [-0.05, 0) is 6.92 Å². The number of carboxylic acids is 1. The maximum atomic E-state index is 9.86. The van der Waals surface area contributed by atoms with Crippen LogP contribution in [0.5, 0.6) is 0 Å². The summed E-state index contributed by atoms with van der Waals surface area (Å²) in [6, 6.07) is -1.16. The van der Waals surface area contributed by atoms with E-state index in [0.29, 0.717) is 0 Å². The van der Waals surface area contributed by atoms with E-state index in [4.69, 9.17) is 15.9 Å². The molecule has 0 unspecified atom stereocenters. The maximum Gasteiger partial charge on any atom is 0.323 e. The summed E-state index contributed by atoms with van der Waals surface area (Å²) < 4.78 is 0. The highest BCUT2D eigenvalue weighted by Gasteiger charge is 2.16. The normalized spacial score (nSPS) is 15.4. The van der Waals surface area contributed by atoms with Gasteiger partial charge in [-0.2, -0.15) is 0 Å². The van der Waals surface area contributed by atoms with Gasteiger partial charge in [0.2, 0.25) is 0 Å². The molecule has 0 aromatic rings. The highest BCUT2D eigenvalue weighted by atomic mass is 16.4. The Morgan fingerprint density at radius 3 is 2.00 bits per heavy atom. The van der Waals surface area contributed by atoms with Crippen LogP contribution in [0, 0.1) is 0 Å². The molecule has 3 radical (unpaired) electrons. The second-order valence-corrected chi connectivity index (χ2v) is 1.60. The van der Waals surface area contributed by atoms with Crippen molar-refractivity contribution in [3.63, 3.8) is 0 Å². The van der Waals surface area contributed by atoms with Gasteiger partial charge in [0, 0.05) is 6.15 Å². The molecule has 4 N–H and O–H groups in total. The summed E-state index contributed by atoms with van der Waals surface area (Å²) in [6.45, 7) is 1.33. The molecule has 0 amide bonds. The summed E-state index contributed by atoms with van der Waals surface area (Å²) in [5.74, 6) is -1.18. The minimum Gasteiger partial charge on any atom is -0.480 e. The Labute approximate surface area is 53.1 Å². The van der Waals surface area contributed by atoms with E-state index in [2.05, 4.69) is 0 Å². The molecule has 0 aromatic heterocycles. The third-order valence-electron chi connectivity index (χ3n) is 0.805. The summed E-state index contributed by atoms with van der Waals surface area (Å²) in [6.07, 6.45) is -0.979. The van der Waals surface area contributed by atoms with Crippen LogP contribution in [0.1, 0.15) is 6.92 Å². The van der Waals surface area contributed by atoms with Crippen LogP contribution >= 0.6 is 0 Å². The third-order valence-corrected chi connectivity index (χ3v) is 0.805. The van der Waals surface area contributed by atoms with Crippen LogP contribution < -0.4 is 11.9 Å². The Hall–Kier alpha value is -0.650. The first kappa shape index (κ1) is 11.2. The number of rotatable bonds is 2. The molecule has 0 rings (SSSR count). The Balaban J connectivity index is 0. The van der Waals surface area contributed by atoms with E-state index in [-0.39, 0.29) is 6.15 Å². The topological polar surface area (TPSA) is 114 Å². The number of nitrogens with two attached hydrogens (primary N) is 1. The quantitative estimate of drug-likeness (QED) is 0.416. The second-order valence-electron chi connectivity index (χ2n) is 1.60. The number of aliphatic hydroxyl groups is 1. The lowest BCUT2D eigenvalue weighted by Gasteiger charge is -2.06. The number of carbonyl (C=O) groups is 1. The predicted octanol–water partition coefficient (Wildman–Crippen LogP) is -1.70. The van der Waals surface area contributed by atoms with Gasteiger partial charge in [0.25, 0.3) is 0 Å². The van der Waals surface area contributed by atoms with Crippen LogP contribution in [-0.4, -0.2) is 28.3 Å². The van der Waals surface area contributed by atoms with Gasteiger partial charge in [-0.25, -0.2) is 0 Å². The summed E-state index contributed by atoms with van der Waals surface area (Å²) in [7, 11) is 0. The zero-order valence-electron chi connectivity index (χ0n) is 4.98. The lowest BCUT2D eigenvalue weighted by atomic mass is 10.2. The summed E-state index contributed by atoms with van der Waals surface area (Å²) in [4.78, 5) is 9.86. The summed E-state index contributed by atoms with van der Waals surface area (Å²) >= 11 is 0. The van der Waals surface area contributed by atoms with Crippen LogP contribution in [0.2, 0.25) is 0 Å². The average Bonchev–Trinajstić information content (AvgIpc) is 1.64. The molecule has 0 aliphatic rings. The van der Waals surface area contributed by atoms with E-state index in [1.54, 1.807) is 0 Å². The lowest BCUT2D eigenvalue weighted by molar-refractivity contribution is -0.140. The van der Waals surface area contributed by atoms with E-state index in [0.717, 1.165) is 0 Å². The lowest BCUT2D eigenvalue weighted by Crippen LogP contribution is -2.39. The highest BCUT2D eigenvalue weighted by molar-refractivity contribution is 5.73. The van der Waals surface area contributed by atoms with Gasteiger partial charge < -0.3 is 15.9 Å². The number of aliphatic hydroxyl groups excluding tert-OH is 1. The van der Waals surface area contributed by atoms with E-state index >= 15 is 0 Å². The highest BCUT2D eigenvalue weighted by Crippen LogP contribution is 1.85. The molecule has 0 aliphatic heterocycles. The molecule has 0 heterocycles. The Bertz CT molecular complexity index is 93.8. The maximum absolute atomic E-state index is 9.86. The van der Waals surface area contributed by atoms with Gasteiger partial charge in [-0.1, -0.05) is 0 Å². The molecule has 0 bridgehead atoms. The Morgan fingerprint density at radius 2 is 2.00 bits per heavy atom. The monoisotopic (exact) mass is 133 g/mol. The van der Waals surface area contributed by atoms with Gasteiger partial charge in [0.05, 0.1) is 6.10 Å². The first-order valence-electron chi connectivity index (χ1n) is 2.22. The van der Waals surface area contributed by atoms with Crippen LogP contribution in [0.15, 0.2) is 0 Å². The standard InChI is InChI=1S/C4H9NO3.N/c1-2(6)3(5)4(7)8;/h2-3,6H,5H2,1H3,(H,7,8);/t2-,3+;/m1./s1. The van der Waals surface area contributed by atoms with E-state index in [1.165, 1.54) is 6.92 Å². The fourth-order valence-corrected chi connectivity index (χ4v) is 0.206. The van der Waals surface area contributed by atoms with Gasteiger partial charge >= 0.3 is 5.97 Å². The first-order chi connectivity index (χ1) is 3.55. The van der Waals surface area contributed by atoms with Crippen LogP contribution in [0.25, 0.3) is 0 Å². The average molecular weight is 133 g/mol.